The van der Waals surface area contributed by atoms with Gasteiger partial charge >= 0.3 is 0 Å². The zero-order chi connectivity index (χ0) is 7.49. The highest BCUT2D eigenvalue weighted by Gasteiger charge is 2.17. The molecule has 0 fully saturated rings. The molecule has 9 heavy (non-hydrogen) atoms. The smallest absolute Gasteiger partial charge is 0.159 e. The van der Waals surface area contributed by atoms with Crippen LogP contribution in [0.1, 0.15) is 33.6 Å². The van der Waals surface area contributed by atoms with E-state index in [2.05, 4.69) is 0 Å². The second kappa shape index (κ2) is 3.18. The van der Waals surface area contributed by atoms with E-state index in [1.807, 2.05) is 13.8 Å². The van der Waals surface area contributed by atoms with E-state index in [4.69, 9.17) is 10.2 Å². The fraction of sp³-hybridized carbons (Fsp3) is 1.00. The molecule has 0 bridgehead atoms. The van der Waals surface area contributed by atoms with Gasteiger partial charge in [-0.2, -0.15) is 0 Å². The molecule has 0 amide bonds. The molecule has 0 saturated heterocycles. The lowest BCUT2D eigenvalue weighted by Crippen LogP contribution is -2.25. The first-order valence-electron chi connectivity index (χ1n) is 3.40. The Labute approximate surface area is 56.5 Å². The summed E-state index contributed by atoms with van der Waals surface area (Å²) in [4.78, 5) is 0. The molecule has 0 aliphatic heterocycles. The Hall–Kier alpha value is -0.0800. The molecule has 0 saturated carbocycles. The van der Waals surface area contributed by atoms with Gasteiger partial charge in [0.25, 0.3) is 0 Å². The standard InChI is InChI=1S/C7H16O2/c1-4-6(2)5-7(3,8)9/h6,8-9H,4-5H2,1-3H3. The lowest BCUT2D eigenvalue weighted by Gasteiger charge is -2.19. The second-order valence-corrected chi connectivity index (χ2v) is 2.93. The van der Waals surface area contributed by atoms with Crippen LogP contribution in [0.4, 0.5) is 0 Å². The quantitative estimate of drug-likeness (QED) is 0.565. The van der Waals surface area contributed by atoms with Crippen molar-refractivity contribution in [2.24, 2.45) is 5.92 Å². The molecule has 56 valence electrons. The van der Waals surface area contributed by atoms with Gasteiger partial charge in [-0.25, -0.2) is 0 Å². The molecule has 1 atom stereocenters. The summed E-state index contributed by atoms with van der Waals surface area (Å²) in [6, 6.07) is 0. The Kier molecular flexibility index (Phi) is 3.15. The highest BCUT2D eigenvalue weighted by atomic mass is 16.5. The Morgan fingerprint density at radius 1 is 1.44 bits per heavy atom. The number of hydrogen-bond donors (Lipinski definition) is 2. The largest absolute Gasteiger partial charge is 0.366 e. The summed E-state index contributed by atoms with van der Waals surface area (Å²) < 4.78 is 0. The number of hydrogen-bond acceptors (Lipinski definition) is 2. The minimum Gasteiger partial charge on any atom is -0.366 e. The van der Waals surface area contributed by atoms with Crippen molar-refractivity contribution in [2.45, 2.75) is 39.4 Å². The highest BCUT2D eigenvalue weighted by Crippen LogP contribution is 2.15. The van der Waals surface area contributed by atoms with Crippen LogP contribution in [0.5, 0.6) is 0 Å². The van der Waals surface area contributed by atoms with E-state index in [0.717, 1.165) is 6.42 Å². The maximum atomic E-state index is 8.87. The minimum absolute atomic E-state index is 0.394. The molecule has 0 aromatic heterocycles. The molecular weight excluding hydrogens is 116 g/mol. The van der Waals surface area contributed by atoms with E-state index in [0.29, 0.717) is 12.3 Å². The Balaban J connectivity index is 3.47. The van der Waals surface area contributed by atoms with Crippen molar-refractivity contribution < 1.29 is 10.2 Å². The van der Waals surface area contributed by atoms with Crippen molar-refractivity contribution in [2.75, 3.05) is 0 Å². The monoisotopic (exact) mass is 132 g/mol. The van der Waals surface area contributed by atoms with Crippen molar-refractivity contribution in [1.82, 2.24) is 0 Å². The van der Waals surface area contributed by atoms with Gasteiger partial charge in [0.1, 0.15) is 0 Å². The van der Waals surface area contributed by atoms with Crippen LogP contribution < -0.4 is 0 Å². The van der Waals surface area contributed by atoms with Crippen molar-refractivity contribution in [1.29, 1.82) is 0 Å². The Morgan fingerprint density at radius 3 is 2.00 bits per heavy atom. The van der Waals surface area contributed by atoms with Crippen LogP contribution in [0.2, 0.25) is 0 Å². The first-order chi connectivity index (χ1) is 3.95. The maximum absolute atomic E-state index is 8.87. The van der Waals surface area contributed by atoms with Crippen LogP contribution in [0.3, 0.4) is 0 Å². The predicted molar refractivity (Wildman–Crippen MR) is 36.9 cm³/mol. The van der Waals surface area contributed by atoms with Crippen LogP contribution in [-0.4, -0.2) is 16.0 Å². The SMILES string of the molecule is CCC(C)CC(C)(O)O. The summed E-state index contributed by atoms with van der Waals surface area (Å²) >= 11 is 0. The Bertz CT molecular complexity index is 73.5. The van der Waals surface area contributed by atoms with E-state index < -0.39 is 5.79 Å². The molecule has 2 heteroatoms. The summed E-state index contributed by atoms with van der Waals surface area (Å²) in [6.45, 7) is 5.46. The van der Waals surface area contributed by atoms with Gasteiger partial charge in [0.2, 0.25) is 0 Å². The zero-order valence-electron chi connectivity index (χ0n) is 6.39. The number of rotatable bonds is 3. The summed E-state index contributed by atoms with van der Waals surface area (Å²) in [5.41, 5.74) is 0. The third kappa shape index (κ3) is 5.80. The molecule has 0 aliphatic carbocycles. The fourth-order valence-electron chi connectivity index (χ4n) is 0.804. The van der Waals surface area contributed by atoms with Gasteiger partial charge in [-0.1, -0.05) is 20.3 Å². The van der Waals surface area contributed by atoms with Crippen molar-refractivity contribution >= 4 is 0 Å². The van der Waals surface area contributed by atoms with Crippen LogP contribution in [-0.2, 0) is 0 Å². The van der Waals surface area contributed by atoms with Crippen LogP contribution in [0, 0.1) is 5.92 Å². The number of aliphatic hydroxyl groups is 2. The molecule has 0 rings (SSSR count). The maximum Gasteiger partial charge on any atom is 0.159 e. The molecule has 0 aromatic rings. The average molecular weight is 132 g/mol. The predicted octanol–water partition coefficient (Wildman–Crippen LogP) is 1.12. The highest BCUT2D eigenvalue weighted by molar-refractivity contribution is 4.60. The molecule has 1 unspecified atom stereocenters. The first kappa shape index (κ1) is 8.92. The van der Waals surface area contributed by atoms with Crippen molar-refractivity contribution in [3.8, 4) is 0 Å². The normalized spacial score (nSPS) is 15.7. The van der Waals surface area contributed by atoms with Gasteiger partial charge in [0.05, 0.1) is 0 Å². The van der Waals surface area contributed by atoms with E-state index in [9.17, 15) is 0 Å². The zero-order valence-corrected chi connectivity index (χ0v) is 6.39. The van der Waals surface area contributed by atoms with Crippen LogP contribution >= 0.6 is 0 Å². The molecule has 2 N–H and O–H groups in total. The summed E-state index contributed by atoms with van der Waals surface area (Å²) in [7, 11) is 0. The van der Waals surface area contributed by atoms with Gasteiger partial charge in [0, 0.05) is 6.42 Å². The molecule has 2 nitrogen and oxygen atoms in total. The molecule has 0 radical (unpaired) electrons. The van der Waals surface area contributed by atoms with E-state index >= 15 is 0 Å². The fourth-order valence-corrected chi connectivity index (χ4v) is 0.804. The average Bonchev–Trinajstić information content (AvgIpc) is 1.62. The van der Waals surface area contributed by atoms with E-state index in [1.54, 1.807) is 0 Å². The molecule has 0 aromatic carbocycles. The van der Waals surface area contributed by atoms with E-state index in [1.165, 1.54) is 6.92 Å². The van der Waals surface area contributed by atoms with Crippen molar-refractivity contribution in [3.63, 3.8) is 0 Å². The Morgan fingerprint density at radius 2 is 1.89 bits per heavy atom. The van der Waals surface area contributed by atoms with Crippen molar-refractivity contribution in [3.05, 3.63) is 0 Å². The van der Waals surface area contributed by atoms with Gasteiger partial charge < -0.3 is 10.2 Å². The van der Waals surface area contributed by atoms with Crippen LogP contribution in [0.25, 0.3) is 0 Å². The first-order valence-corrected chi connectivity index (χ1v) is 3.40. The van der Waals surface area contributed by atoms with Gasteiger partial charge in [-0.05, 0) is 12.8 Å². The lowest BCUT2D eigenvalue weighted by atomic mass is 10.00. The summed E-state index contributed by atoms with van der Waals surface area (Å²) in [5.74, 6) is -1.08. The van der Waals surface area contributed by atoms with Gasteiger partial charge in [0.15, 0.2) is 5.79 Å². The van der Waals surface area contributed by atoms with E-state index in [-0.39, 0.29) is 0 Å². The molecule has 0 spiro atoms. The second-order valence-electron chi connectivity index (χ2n) is 2.93. The molecule has 0 aliphatic rings. The lowest BCUT2D eigenvalue weighted by molar-refractivity contribution is -0.156. The third-order valence-corrected chi connectivity index (χ3v) is 1.43. The minimum atomic E-state index is -1.48. The van der Waals surface area contributed by atoms with Gasteiger partial charge in [-0.3, -0.25) is 0 Å². The molecular formula is C7H16O2. The molecule has 0 heterocycles. The summed E-state index contributed by atoms with van der Waals surface area (Å²) in [6.07, 6.45) is 1.46. The van der Waals surface area contributed by atoms with Gasteiger partial charge in [-0.15, -0.1) is 0 Å². The third-order valence-electron chi connectivity index (χ3n) is 1.43. The van der Waals surface area contributed by atoms with Crippen LogP contribution in [0.15, 0.2) is 0 Å². The topological polar surface area (TPSA) is 40.5 Å². The summed E-state index contributed by atoms with van der Waals surface area (Å²) in [5, 5.41) is 17.7.